The SMILES string of the molecule is O=C(CCCc1ccccc1)N1CCCC1. The van der Waals surface area contributed by atoms with E-state index in [9.17, 15) is 4.79 Å². The zero-order chi connectivity index (χ0) is 11.2. The highest BCUT2D eigenvalue weighted by Gasteiger charge is 2.16. The summed E-state index contributed by atoms with van der Waals surface area (Å²) in [6.45, 7) is 1.95. The fourth-order valence-corrected chi connectivity index (χ4v) is 2.21. The van der Waals surface area contributed by atoms with E-state index in [0.29, 0.717) is 12.3 Å². The summed E-state index contributed by atoms with van der Waals surface area (Å²) in [5.74, 6) is 0.341. The van der Waals surface area contributed by atoms with Gasteiger partial charge in [0.15, 0.2) is 0 Å². The molecule has 1 amide bonds. The number of aryl methyl sites for hydroxylation is 1. The fourth-order valence-electron chi connectivity index (χ4n) is 2.21. The van der Waals surface area contributed by atoms with Crippen molar-refractivity contribution in [2.75, 3.05) is 13.1 Å². The minimum atomic E-state index is 0.341. The molecule has 0 spiro atoms. The van der Waals surface area contributed by atoms with Gasteiger partial charge < -0.3 is 4.90 Å². The van der Waals surface area contributed by atoms with Crippen LogP contribution in [0.25, 0.3) is 0 Å². The highest BCUT2D eigenvalue weighted by molar-refractivity contribution is 5.76. The van der Waals surface area contributed by atoms with Gasteiger partial charge in [-0.3, -0.25) is 4.79 Å². The molecule has 2 rings (SSSR count). The van der Waals surface area contributed by atoms with Crippen LogP contribution in [0, 0.1) is 0 Å². The summed E-state index contributed by atoms with van der Waals surface area (Å²) in [5.41, 5.74) is 1.33. The lowest BCUT2D eigenvalue weighted by molar-refractivity contribution is -0.130. The molecule has 1 aromatic rings. The summed E-state index contributed by atoms with van der Waals surface area (Å²) in [7, 11) is 0. The summed E-state index contributed by atoms with van der Waals surface area (Å²) in [6, 6.07) is 10.4. The Kier molecular flexibility index (Phi) is 3.97. The fraction of sp³-hybridized carbons (Fsp3) is 0.500. The van der Waals surface area contributed by atoms with E-state index in [-0.39, 0.29) is 0 Å². The van der Waals surface area contributed by atoms with Crippen LogP contribution in [-0.4, -0.2) is 23.9 Å². The van der Waals surface area contributed by atoms with Crippen LogP contribution < -0.4 is 0 Å². The third-order valence-corrected chi connectivity index (χ3v) is 3.16. The van der Waals surface area contributed by atoms with Gasteiger partial charge in [0.1, 0.15) is 0 Å². The van der Waals surface area contributed by atoms with Gasteiger partial charge in [0.2, 0.25) is 5.91 Å². The zero-order valence-corrected chi connectivity index (χ0v) is 9.69. The van der Waals surface area contributed by atoms with Crippen molar-refractivity contribution in [3.8, 4) is 0 Å². The number of rotatable bonds is 4. The van der Waals surface area contributed by atoms with Gasteiger partial charge in [0.25, 0.3) is 0 Å². The third-order valence-electron chi connectivity index (χ3n) is 3.16. The van der Waals surface area contributed by atoms with E-state index < -0.39 is 0 Å². The Morgan fingerprint density at radius 2 is 1.81 bits per heavy atom. The Bertz CT molecular complexity index is 328. The van der Waals surface area contributed by atoms with Crippen LogP contribution in [0.3, 0.4) is 0 Å². The number of hydrogen-bond donors (Lipinski definition) is 0. The quantitative estimate of drug-likeness (QED) is 0.759. The number of benzene rings is 1. The Morgan fingerprint density at radius 1 is 1.12 bits per heavy atom. The highest BCUT2D eigenvalue weighted by atomic mass is 16.2. The molecule has 2 heteroatoms. The molecule has 1 aliphatic rings. The van der Waals surface area contributed by atoms with E-state index in [4.69, 9.17) is 0 Å². The molecule has 0 saturated carbocycles. The summed E-state index contributed by atoms with van der Waals surface area (Å²) >= 11 is 0. The minimum absolute atomic E-state index is 0.341. The Morgan fingerprint density at radius 3 is 2.50 bits per heavy atom. The molecule has 0 aromatic heterocycles. The van der Waals surface area contributed by atoms with Gasteiger partial charge in [-0.1, -0.05) is 30.3 Å². The molecule has 1 fully saturated rings. The van der Waals surface area contributed by atoms with Crippen molar-refractivity contribution in [1.82, 2.24) is 4.90 Å². The standard InChI is InChI=1S/C14H19NO/c16-14(15-11-4-5-12-15)10-6-9-13-7-2-1-3-8-13/h1-3,7-8H,4-6,9-12H2. The van der Waals surface area contributed by atoms with E-state index in [1.807, 2.05) is 11.0 Å². The smallest absolute Gasteiger partial charge is 0.222 e. The number of nitrogens with zero attached hydrogens (tertiary/aromatic N) is 1. The normalized spacial score (nSPS) is 15.4. The molecule has 0 radical (unpaired) electrons. The molecular formula is C14H19NO. The Hall–Kier alpha value is -1.31. The maximum atomic E-state index is 11.8. The summed E-state index contributed by atoms with van der Waals surface area (Å²) < 4.78 is 0. The maximum Gasteiger partial charge on any atom is 0.222 e. The van der Waals surface area contributed by atoms with E-state index in [0.717, 1.165) is 25.9 Å². The second-order valence-corrected chi connectivity index (χ2v) is 4.43. The monoisotopic (exact) mass is 217 g/mol. The first-order chi connectivity index (χ1) is 7.86. The molecule has 0 atom stereocenters. The van der Waals surface area contributed by atoms with Crippen molar-refractivity contribution in [2.45, 2.75) is 32.1 Å². The van der Waals surface area contributed by atoms with Gasteiger partial charge in [0, 0.05) is 19.5 Å². The van der Waals surface area contributed by atoms with Crippen LogP contribution in [0.5, 0.6) is 0 Å². The van der Waals surface area contributed by atoms with Crippen molar-refractivity contribution in [3.05, 3.63) is 35.9 Å². The molecule has 16 heavy (non-hydrogen) atoms. The van der Waals surface area contributed by atoms with E-state index >= 15 is 0 Å². The number of likely N-dealkylation sites (tertiary alicyclic amines) is 1. The van der Waals surface area contributed by atoms with Gasteiger partial charge in [-0.05, 0) is 31.2 Å². The lowest BCUT2D eigenvalue weighted by Crippen LogP contribution is -2.27. The third kappa shape index (κ3) is 3.09. The van der Waals surface area contributed by atoms with Crippen LogP contribution in [0.4, 0.5) is 0 Å². The lowest BCUT2D eigenvalue weighted by atomic mass is 10.1. The van der Waals surface area contributed by atoms with E-state index in [1.54, 1.807) is 0 Å². The van der Waals surface area contributed by atoms with Crippen LogP contribution >= 0.6 is 0 Å². The van der Waals surface area contributed by atoms with Crippen LogP contribution in [0.1, 0.15) is 31.2 Å². The van der Waals surface area contributed by atoms with Crippen LogP contribution in [-0.2, 0) is 11.2 Å². The zero-order valence-electron chi connectivity index (χ0n) is 9.69. The van der Waals surface area contributed by atoms with Gasteiger partial charge in [-0.25, -0.2) is 0 Å². The number of hydrogen-bond acceptors (Lipinski definition) is 1. The minimum Gasteiger partial charge on any atom is -0.343 e. The van der Waals surface area contributed by atoms with Crippen molar-refractivity contribution in [2.24, 2.45) is 0 Å². The first kappa shape index (κ1) is 11.2. The maximum absolute atomic E-state index is 11.8. The summed E-state index contributed by atoms with van der Waals surface area (Å²) in [6.07, 6.45) is 5.06. The van der Waals surface area contributed by atoms with Crippen molar-refractivity contribution in [1.29, 1.82) is 0 Å². The predicted octanol–water partition coefficient (Wildman–Crippen LogP) is 2.63. The molecule has 0 bridgehead atoms. The van der Waals surface area contributed by atoms with Gasteiger partial charge in [0.05, 0.1) is 0 Å². The molecule has 1 aliphatic heterocycles. The molecule has 1 saturated heterocycles. The highest BCUT2D eigenvalue weighted by Crippen LogP contribution is 2.11. The molecule has 0 N–H and O–H groups in total. The number of amides is 1. The van der Waals surface area contributed by atoms with E-state index in [2.05, 4.69) is 24.3 Å². The molecule has 0 unspecified atom stereocenters. The van der Waals surface area contributed by atoms with E-state index in [1.165, 1.54) is 18.4 Å². The molecule has 86 valence electrons. The predicted molar refractivity (Wildman–Crippen MR) is 65.2 cm³/mol. The average molecular weight is 217 g/mol. The lowest BCUT2D eigenvalue weighted by Gasteiger charge is -2.14. The van der Waals surface area contributed by atoms with Gasteiger partial charge >= 0.3 is 0 Å². The first-order valence-corrected chi connectivity index (χ1v) is 6.18. The molecular weight excluding hydrogens is 198 g/mol. The van der Waals surface area contributed by atoms with Gasteiger partial charge in [-0.15, -0.1) is 0 Å². The second kappa shape index (κ2) is 5.69. The van der Waals surface area contributed by atoms with Crippen LogP contribution in [0.2, 0.25) is 0 Å². The molecule has 0 aliphatic carbocycles. The molecule has 1 aromatic carbocycles. The van der Waals surface area contributed by atoms with Gasteiger partial charge in [-0.2, -0.15) is 0 Å². The van der Waals surface area contributed by atoms with Crippen molar-refractivity contribution in [3.63, 3.8) is 0 Å². The van der Waals surface area contributed by atoms with Crippen molar-refractivity contribution >= 4 is 5.91 Å². The number of carbonyl (C=O) groups is 1. The summed E-state index contributed by atoms with van der Waals surface area (Å²) in [4.78, 5) is 13.8. The summed E-state index contributed by atoms with van der Waals surface area (Å²) in [5, 5.41) is 0. The largest absolute Gasteiger partial charge is 0.343 e. The average Bonchev–Trinajstić information content (AvgIpc) is 2.84. The Balaban J connectivity index is 1.70. The second-order valence-electron chi connectivity index (χ2n) is 4.43. The molecule has 2 nitrogen and oxygen atoms in total. The Labute approximate surface area is 97.3 Å². The first-order valence-electron chi connectivity index (χ1n) is 6.18. The van der Waals surface area contributed by atoms with Crippen molar-refractivity contribution < 1.29 is 4.79 Å². The molecule has 1 heterocycles. The topological polar surface area (TPSA) is 20.3 Å². The van der Waals surface area contributed by atoms with Crippen LogP contribution in [0.15, 0.2) is 30.3 Å². The number of carbonyl (C=O) groups excluding carboxylic acids is 1.